The van der Waals surface area contributed by atoms with Crippen LogP contribution in [-0.2, 0) is 11.2 Å². The molecule has 1 N–H and O–H groups in total. The van der Waals surface area contributed by atoms with Gasteiger partial charge in [-0.25, -0.2) is 0 Å². The van der Waals surface area contributed by atoms with Gasteiger partial charge in [-0.15, -0.1) is 0 Å². The molecule has 0 radical (unpaired) electrons. The molecule has 2 aromatic rings. The molecule has 0 bridgehead atoms. The first-order valence-corrected chi connectivity index (χ1v) is 7.17. The fourth-order valence-electron chi connectivity index (χ4n) is 2.16. The Hall–Kier alpha value is -1.51. The van der Waals surface area contributed by atoms with E-state index in [2.05, 4.69) is 42.6 Å². The van der Waals surface area contributed by atoms with Crippen molar-refractivity contribution in [3.8, 4) is 0 Å². The fraction of sp³-hybridized carbons (Fsp3) is 0.294. The van der Waals surface area contributed by atoms with Crippen molar-refractivity contribution < 1.29 is 4.74 Å². The first-order valence-electron chi connectivity index (χ1n) is 6.79. The van der Waals surface area contributed by atoms with Gasteiger partial charge in [0.05, 0.1) is 6.61 Å². The first-order chi connectivity index (χ1) is 9.70. The minimum absolute atomic E-state index is 0.232. The number of hydrogen-bond acceptors (Lipinski definition) is 2. The lowest BCUT2D eigenvalue weighted by molar-refractivity contribution is 0.202. The molecule has 2 rings (SSSR count). The van der Waals surface area contributed by atoms with Gasteiger partial charge in [-0.1, -0.05) is 41.9 Å². The number of benzene rings is 2. The molecule has 1 unspecified atom stereocenters. The second-order valence-corrected chi connectivity index (χ2v) is 5.25. The van der Waals surface area contributed by atoms with E-state index in [9.17, 15) is 0 Å². The van der Waals surface area contributed by atoms with Crippen molar-refractivity contribution in [2.75, 3.05) is 19.0 Å². The standard InChI is InChI=1S/C17H20ClNO/c1-13(14-7-9-16(18)10-8-14)19-17-6-4-3-5-15(17)11-12-20-2/h3-10,13,19H,11-12H2,1-2H3. The predicted molar refractivity (Wildman–Crippen MR) is 85.5 cm³/mol. The molecule has 0 spiro atoms. The average Bonchev–Trinajstić information content (AvgIpc) is 2.47. The van der Waals surface area contributed by atoms with Crippen molar-refractivity contribution in [3.63, 3.8) is 0 Å². The van der Waals surface area contributed by atoms with Crippen LogP contribution in [0.3, 0.4) is 0 Å². The molecule has 3 heteroatoms. The Morgan fingerprint density at radius 1 is 1.10 bits per heavy atom. The summed E-state index contributed by atoms with van der Waals surface area (Å²) < 4.78 is 5.16. The zero-order chi connectivity index (χ0) is 14.4. The molecule has 0 aromatic heterocycles. The highest BCUT2D eigenvalue weighted by Crippen LogP contribution is 2.23. The normalized spacial score (nSPS) is 12.2. The summed E-state index contributed by atoms with van der Waals surface area (Å²) in [5.74, 6) is 0. The van der Waals surface area contributed by atoms with E-state index in [0.717, 1.165) is 23.7 Å². The summed E-state index contributed by atoms with van der Waals surface area (Å²) in [6.07, 6.45) is 0.910. The summed E-state index contributed by atoms with van der Waals surface area (Å²) in [4.78, 5) is 0. The Bertz CT molecular complexity index is 539. The molecule has 0 aliphatic rings. The van der Waals surface area contributed by atoms with Crippen LogP contribution in [0.2, 0.25) is 5.02 Å². The third-order valence-electron chi connectivity index (χ3n) is 3.33. The van der Waals surface area contributed by atoms with Crippen LogP contribution in [0.1, 0.15) is 24.1 Å². The van der Waals surface area contributed by atoms with Gasteiger partial charge in [-0.3, -0.25) is 0 Å². The van der Waals surface area contributed by atoms with Gasteiger partial charge >= 0.3 is 0 Å². The van der Waals surface area contributed by atoms with Crippen molar-refractivity contribution in [3.05, 3.63) is 64.7 Å². The van der Waals surface area contributed by atoms with E-state index in [0.29, 0.717) is 0 Å². The topological polar surface area (TPSA) is 21.3 Å². The van der Waals surface area contributed by atoms with Gasteiger partial charge in [0.2, 0.25) is 0 Å². The van der Waals surface area contributed by atoms with Crippen molar-refractivity contribution in [2.24, 2.45) is 0 Å². The van der Waals surface area contributed by atoms with Crippen molar-refractivity contribution in [1.82, 2.24) is 0 Å². The second-order valence-electron chi connectivity index (χ2n) is 4.82. The SMILES string of the molecule is COCCc1ccccc1NC(C)c1ccc(Cl)cc1. The number of halogens is 1. The van der Waals surface area contributed by atoms with E-state index in [1.807, 2.05) is 18.2 Å². The predicted octanol–water partition coefficient (Wildman–Crippen LogP) is 4.70. The van der Waals surface area contributed by atoms with Crippen LogP contribution in [0.5, 0.6) is 0 Å². The lowest BCUT2D eigenvalue weighted by atomic mass is 10.1. The molecule has 1 atom stereocenters. The van der Waals surface area contributed by atoms with Gasteiger partial charge in [0, 0.05) is 23.9 Å². The van der Waals surface area contributed by atoms with E-state index < -0.39 is 0 Å². The summed E-state index contributed by atoms with van der Waals surface area (Å²) in [5, 5.41) is 4.32. The highest BCUT2D eigenvalue weighted by Gasteiger charge is 2.08. The van der Waals surface area contributed by atoms with Gasteiger partial charge in [0.25, 0.3) is 0 Å². The van der Waals surface area contributed by atoms with Crippen molar-refractivity contribution >= 4 is 17.3 Å². The molecule has 2 aromatic carbocycles. The number of para-hydroxylation sites is 1. The van der Waals surface area contributed by atoms with Crippen LogP contribution >= 0.6 is 11.6 Å². The Kier molecular flexibility index (Phi) is 5.45. The number of methoxy groups -OCH3 is 1. The Balaban J connectivity index is 2.10. The zero-order valence-electron chi connectivity index (χ0n) is 11.9. The van der Waals surface area contributed by atoms with E-state index in [1.165, 1.54) is 11.1 Å². The van der Waals surface area contributed by atoms with Crippen LogP contribution in [0, 0.1) is 0 Å². The number of hydrogen-bond donors (Lipinski definition) is 1. The molecule has 0 amide bonds. The van der Waals surface area contributed by atoms with E-state index in [4.69, 9.17) is 16.3 Å². The van der Waals surface area contributed by atoms with Gasteiger partial charge < -0.3 is 10.1 Å². The fourth-order valence-corrected chi connectivity index (χ4v) is 2.29. The maximum absolute atomic E-state index is 5.92. The van der Waals surface area contributed by atoms with E-state index in [-0.39, 0.29) is 6.04 Å². The van der Waals surface area contributed by atoms with Crippen LogP contribution in [0.25, 0.3) is 0 Å². The molecule has 2 nitrogen and oxygen atoms in total. The maximum atomic E-state index is 5.92. The number of anilines is 1. The molecule has 0 heterocycles. The number of nitrogens with one attached hydrogen (secondary N) is 1. The van der Waals surface area contributed by atoms with Crippen molar-refractivity contribution in [2.45, 2.75) is 19.4 Å². The number of ether oxygens (including phenoxy) is 1. The van der Waals surface area contributed by atoms with Crippen molar-refractivity contribution in [1.29, 1.82) is 0 Å². The zero-order valence-corrected chi connectivity index (χ0v) is 12.7. The van der Waals surface area contributed by atoms with Gasteiger partial charge in [-0.05, 0) is 42.7 Å². The molecule has 0 fully saturated rings. The molecular weight excluding hydrogens is 270 g/mol. The molecule has 0 saturated heterocycles. The molecule has 0 aliphatic heterocycles. The van der Waals surface area contributed by atoms with E-state index in [1.54, 1.807) is 7.11 Å². The largest absolute Gasteiger partial charge is 0.384 e. The average molecular weight is 290 g/mol. The Morgan fingerprint density at radius 3 is 2.50 bits per heavy atom. The second kappa shape index (κ2) is 7.32. The van der Waals surface area contributed by atoms with E-state index >= 15 is 0 Å². The van der Waals surface area contributed by atoms with Crippen LogP contribution in [-0.4, -0.2) is 13.7 Å². The smallest absolute Gasteiger partial charge is 0.0503 e. The van der Waals surface area contributed by atoms with Crippen LogP contribution in [0.4, 0.5) is 5.69 Å². The quantitative estimate of drug-likeness (QED) is 0.832. The molecule has 0 aliphatic carbocycles. The van der Waals surface area contributed by atoms with Crippen LogP contribution in [0.15, 0.2) is 48.5 Å². The molecular formula is C17H20ClNO. The minimum Gasteiger partial charge on any atom is -0.384 e. The summed E-state index contributed by atoms with van der Waals surface area (Å²) in [6.45, 7) is 2.88. The summed E-state index contributed by atoms with van der Waals surface area (Å²) in [7, 11) is 1.73. The van der Waals surface area contributed by atoms with Gasteiger partial charge in [-0.2, -0.15) is 0 Å². The van der Waals surface area contributed by atoms with Gasteiger partial charge in [0.1, 0.15) is 0 Å². The molecule has 106 valence electrons. The third-order valence-corrected chi connectivity index (χ3v) is 3.59. The monoisotopic (exact) mass is 289 g/mol. The summed E-state index contributed by atoms with van der Waals surface area (Å²) in [5.41, 5.74) is 3.65. The first kappa shape index (κ1) is 14.9. The summed E-state index contributed by atoms with van der Waals surface area (Å²) >= 11 is 5.92. The van der Waals surface area contributed by atoms with Crippen LogP contribution < -0.4 is 5.32 Å². The lowest BCUT2D eigenvalue weighted by Gasteiger charge is -2.18. The third kappa shape index (κ3) is 3.99. The molecule has 0 saturated carbocycles. The maximum Gasteiger partial charge on any atom is 0.0503 e. The number of rotatable bonds is 6. The lowest BCUT2D eigenvalue weighted by Crippen LogP contribution is -2.09. The highest BCUT2D eigenvalue weighted by atomic mass is 35.5. The van der Waals surface area contributed by atoms with Gasteiger partial charge in [0.15, 0.2) is 0 Å². The Labute approximate surface area is 125 Å². The highest BCUT2D eigenvalue weighted by molar-refractivity contribution is 6.30. The minimum atomic E-state index is 0.232. The Morgan fingerprint density at radius 2 is 1.80 bits per heavy atom. The molecule has 20 heavy (non-hydrogen) atoms. The summed E-state index contributed by atoms with van der Waals surface area (Å²) in [6, 6.07) is 16.5.